The van der Waals surface area contributed by atoms with E-state index in [0.717, 1.165) is 12.1 Å². The molecule has 1 rings (SSSR count). The van der Waals surface area contributed by atoms with E-state index < -0.39 is 17.7 Å². The number of carbonyl (C=O) groups is 1. The molecule has 0 N–H and O–H groups in total. The van der Waals surface area contributed by atoms with Gasteiger partial charge in [0.2, 0.25) is 0 Å². The number of esters is 1. The molecule has 0 saturated heterocycles. The molecule has 0 aliphatic heterocycles. The lowest BCUT2D eigenvalue weighted by Gasteiger charge is -2.09. The third-order valence-electron chi connectivity index (χ3n) is 2.45. The van der Waals surface area contributed by atoms with Crippen LogP contribution < -0.4 is 0 Å². The average Bonchev–Trinajstić information content (AvgIpc) is 2.45. The second kappa shape index (κ2) is 7.47. The Hall–Kier alpha value is -2.31. The lowest BCUT2D eigenvalue weighted by Crippen LogP contribution is -2.12. The zero-order chi connectivity index (χ0) is 15.9. The maximum atomic E-state index is 12.5. The molecule has 0 amide bonds. The number of hydrogen-bond donors (Lipinski definition) is 0. The summed E-state index contributed by atoms with van der Waals surface area (Å²) in [5, 5.41) is 3.73. The van der Waals surface area contributed by atoms with E-state index in [2.05, 4.69) is 16.5 Å². The molecule has 0 aromatic heterocycles. The number of hydrogen-bond acceptors (Lipinski definition) is 4. The molecule has 0 unspecified atom stereocenters. The number of methoxy groups -OCH3 is 1. The van der Waals surface area contributed by atoms with Gasteiger partial charge in [-0.1, -0.05) is 29.9 Å². The van der Waals surface area contributed by atoms with E-state index in [0.29, 0.717) is 5.56 Å². The number of halogens is 3. The average molecular weight is 301 g/mol. The van der Waals surface area contributed by atoms with Crippen LogP contribution in [0.25, 0.3) is 0 Å². The van der Waals surface area contributed by atoms with Gasteiger partial charge in [-0.15, -0.1) is 0 Å². The van der Waals surface area contributed by atoms with E-state index in [-0.39, 0.29) is 18.7 Å². The zero-order valence-electron chi connectivity index (χ0n) is 11.3. The van der Waals surface area contributed by atoms with E-state index in [4.69, 9.17) is 4.84 Å². The summed E-state index contributed by atoms with van der Waals surface area (Å²) >= 11 is 0. The quantitative estimate of drug-likeness (QED) is 0.266. The summed E-state index contributed by atoms with van der Waals surface area (Å²) in [7, 11) is 1.21. The van der Waals surface area contributed by atoms with E-state index in [1.807, 2.05) is 0 Å². The second-order valence-electron chi connectivity index (χ2n) is 3.95. The molecule has 21 heavy (non-hydrogen) atoms. The van der Waals surface area contributed by atoms with E-state index >= 15 is 0 Å². The summed E-state index contributed by atoms with van der Waals surface area (Å²) in [6.07, 6.45) is -3.18. The van der Waals surface area contributed by atoms with Gasteiger partial charge in [0.1, 0.15) is 6.61 Å². The van der Waals surface area contributed by atoms with Crippen LogP contribution in [0.2, 0.25) is 0 Å². The van der Waals surface area contributed by atoms with Crippen LogP contribution in [0.15, 0.2) is 42.1 Å². The summed E-state index contributed by atoms with van der Waals surface area (Å²) in [6.45, 7) is 3.55. The monoisotopic (exact) mass is 301 g/mol. The first kappa shape index (κ1) is 16.7. The van der Waals surface area contributed by atoms with Crippen LogP contribution in [0.1, 0.15) is 17.5 Å². The first-order valence-corrected chi connectivity index (χ1v) is 5.92. The molecule has 0 fully saturated rings. The maximum Gasteiger partial charge on any atom is 0.416 e. The van der Waals surface area contributed by atoms with Gasteiger partial charge in [-0.25, -0.2) is 0 Å². The molecule has 1 aromatic carbocycles. The number of carbonyl (C=O) groups excluding carboxylic acids is 1. The largest absolute Gasteiger partial charge is 0.469 e. The standard InChI is InChI=1S/C14H14F3NO3/c1-3-8-21-18-12(9-13(19)20-2)10-4-6-11(7-5-10)14(15,16)17/h3-7H,1,8-9H2,2H3/b18-12+. The minimum Gasteiger partial charge on any atom is -0.469 e. The van der Waals surface area contributed by atoms with Crippen LogP contribution in [0, 0.1) is 0 Å². The molecule has 4 nitrogen and oxygen atoms in total. The third-order valence-corrected chi connectivity index (χ3v) is 2.45. The van der Waals surface area contributed by atoms with Crippen molar-refractivity contribution in [1.29, 1.82) is 0 Å². The van der Waals surface area contributed by atoms with Gasteiger partial charge in [0.15, 0.2) is 0 Å². The van der Waals surface area contributed by atoms with E-state index in [1.54, 1.807) is 0 Å². The van der Waals surface area contributed by atoms with E-state index in [1.165, 1.54) is 25.3 Å². The molecular formula is C14H14F3NO3. The van der Waals surface area contributed by atoms with Crippen LogP contribution in [0.3, 0.4) is 0 Å². The molecule has 0 aliphatic rings. The molecule has 0 radical (unpaired) electrons. The lowest BCUT2D eigenvalue weighted by atomic mass is 10.1. The topological polar surface area (TPSA) is 47.9 Å². The summed E-state index contributed by atoms with van der Waals surface area (Å²) in [5.74, 6) is -0.573. The number of benzene rings is 1. The van der Waals surface area contributed by atoms with Gasteiger partial charge in [-0.2, -0.15) is 13.2 Å². The third kappa shape index (κ3) is 5.29. The zero-order valence-corrected chi connectivity index (χ0v) is 11.3. The Bertz CT molecular complexity index is 521. The number of alkyl halides is 3. The lowest BCUT2D eigenvalue weighted by molar-refractivity contribution is -0.139. The van der Waals surface area contributed by atoms with Gasteiger partial charge in [0, 0.05) is 0 Å². The van der Waals surface area contributed by atoms with Gasteiger partial charge in [-0.05, 0) is 17.7 Å². The van der Waals surface area contributed by atoms with Crippen molar-refractivity contribution in [2.75, 3.05) is 13.7 Å². The normalized spacial score (nSPS) is 11.9. The van der Waals surface area contributed by atoms with Crippen LogP contribution in [0.5, 0.6) is 0 Å². The maximum absolute atomic E-state index is 12.5. The molecule has 114 valence electrons. The molecule has 1 aromatic rings. The minimum absolute atomic E-state index is 0.116. The molecule has 0 saturated carbocycles. The summed E-state index contributed by atoms with van der Waals surface area (Å²) < 4.78 is 42.0. The van der Waals surface area contributed by atoms with Crippen LogP contribution in [0.4, 0.5) is 13.2 Å². The fourth-order valence-electron chi connectivity index (χ4n) is 1.42. The number of nitrogens with zero attached hydrogens (tertiary/aromatic N) is 1. The first-order chi connectivity index (χ1) is 9.88. The summed E-state index contributed by atoms with van der Waals surface area (Å²) in [5.41, 5.74) is -0.259. The van der Waals surface area contributed by atoms with Crippen molar-refractivity contribution < 1.29 is 27.5 Å². The molecule has 0 atom stereocenters. The van der Waals surface area contributed by atoms with Crippen molar-refractivity contribution in [3.63, 3.8) is 0 Å². The second-order valence-corrected chi connectivity index (χ2v) is 3.95. The fourth-order valence-corrected chi connectivity index (χ4v) is 1.42. The predicted octanol–water partition coefficient (Wildman–Crippen LogP) is 3.18. The highest BCUT2D eigenvalue weighted by Gasteiger charge is 2.30. The van der Waals surface area contributed by atoms with Gasteiger partial charge >= 0.3 is 12.1 Å². The van der Waals surface area contributed by atoms with Gasteiger partial charge in [-0.3, -0.25) is 4.79 Å². The van der Waals surface area contributed by atoms with Crippen molar-refractivity contribution in [2.45, 2.75) is 12.6 Å². The Morgan fingerprint density at radius 1 is 1.33 bits per heavy atom. The Morgan fingerprint density at radius 2 is 1.95 bits per heavy atom. The Labute approximate surface area is 119 Å². The fraction of sp³-hybridized carbons (Fsp3) is 0.286. The van der Waals surface area contributed by atoms with Crippen molar-refractivity contribution in [3.8, 4) is 0 Å². The Balaban J connectivity index is 2.99. The van der Waals surface area contributed by atoms with Gasteiger partial charge < -0.3 is 9.57 Å². The van der Waals surface area contributed by atoms with Crippen molar-refractivity contribution in [2.24, 2.45) is 5.16 Å². The summed E-state index contributed by atoms with van der Waals surface area (Å²) in [6, 6.07) is 4.27. The molecule has 0 bridgehead atoms. The Morgan fingerprint density at radius 3 is 2.43 bits per heavy atom. The highest BCUT2D eigenvalue weighted by atomic mass is 19.4. The summed E-state index contributed by atoms with van der Waals surface area (Å²) in [4.78, 5) is 16.2. The highest BCUT2D eigenvalue weighted by Crippen LogP contribution is 2.29. The molecule has 0 heterocycles. The van der Waals surface area contributed by atoms with Crippen molar-refractivity contribution in [3.05, 3.63) is 48.0 Å². The Kier molecular flexibility index (Phi) is 5.95. The van der Waals surface area contributed by atoms with Crippen LogP contribution in [-0.4, -0.2) is 25.4 Å². The molecule has 0 spiro atoms. The SMILES string of the molecule is C=CCO/N=C(\CC(=O)OC)c1ccc(C(F)(F)F)cc1. The smallest absolute Gasteiger partial charge is 0.416 e. The number of ether oxygens (including phenoxy) is 1. The molecule has 7 heteroatoms. The number of rotatable bonds is 6. The van der Waals surface area contributed by atoms with Crippen molar-refractivity contribution in [1.82, 2.24) is 0 Å². The van der Waals surface area contributed by atoms with Crippen LogP contribution >= 0.6 is 0 Å². The predicted molar refractivity (Wildman–Crippen MR) is 70.8 cm³/mol. The molecular weight excluding hydrogens is 287 g/mol. The molecule has 0 aliphatic carbocycles. The first-order valence-electron chi connectivity index (χ1n) is 5.92. The van der Waals surface area contributed by atoms with Gasteiger partial charge in [0.25, 0.3) is 0 Å². The van der Waals surface area contributed by atoms with Crippen molar-refractivity contribution >= 4 is 11.7 Å². The number of oxime groups is 1. The minimum atomic E-state index is -4.42. The van der Waals surface area contributed by atoms with E-state index in [9.17, 15) is 18.0 Å². The highest BCUT2D eigenvalue weighted by molar-refractivity contribution is 6.09. The van der Waals surface area contributed by atoms with Gasteiger partial charge in [0.05, 0.1) is 24.8 Å². The van der Waals surface area contributed by atoms with Crippen LogP contribution in [-0.2, 0) is 20.5 Å².